The quantitative estimate of drug-likeness (QED) is 0.205. The number of allylic oxidation sites excluding steroid dienone is 5. The molecule has 0 saturated carbocycles. The van der Waals surface area contributed by atoms with Gasteiger partial charge in [-0.25, -0.2) is 0 Å². The molecule has 1 N–H and O–H groups in total. The lowest BCUT2D eigenvalue weighted by Crippen LogP contribution is -1.95. The maximum Gasteiger partial charge on any atom is 0.303 e. The van der Waals surface area contributed by atoms with Crippen LogP contribution in [0.15, 0.2) is 36.5 Å². The number of unbranched alkanes of at least 4 members (excludes halogenated alkanes) is 5. The largest absolute Gasteiger partial charge is 0.481 e. The van der Waals surface area contributed by atoms with Gasteiger partial charge in [-0.1, -0.05) is 69.1 Å². The van der Waals surface area contributed by atoms with Crippen LogP contribution in [-0.4, -0.2) is 23.3 Å². The lowest BCUT2D eigenvalue weighted by Gasteiger charge is -1.96. The highest BCUT2D eigenvalue weighted by Gasteiger charge is 2.36. The summed E-state index contributed by atoms with van der Waals surface area (Å²) in [5.41, 5.74) is 0. The molecule has 0 aromatic rings. The molecular weight excluding hydrogens is 312 g/mol. The van der Waals surface area contributed by atoms with E-state index >= 15 is 0 Å². The SMILES string of the molecule is CCCCC/C=C\C/C=C\C/C=C\C[C@@H]1O[C@@H]1CCCCCC(=O)O. The third-order valence-electron chi connectivity index (χ3n) is 4.45. The van der Waals surface area contributed by atoms with Gasteiger partial charge in [0.1, 0.15) is 0 Å². The molecule has 1 rings (SSSR count). The third kappa shape index (κ3) is 13.6. The van der Waals surface area contributed by atoms with Gasteiger partial charge in [0.15, 0.2) is 0 Å². The van der Waals surface area contributed by atoms with Crippen LogP contribution < -0.4 is 0 Å². The van der Waals surface area contributed by atoms with E-state index in [1.165, 1.54) is 25.7 Å². The maximum absolute atomic E-state index is 10.4. The fourth-order valence-electron chi connectivity index (χ4n) is 2.84. The molecule has 0 amide bonds. The minimum Gasteiger partial charge on any atom is -0.481 e. The average Bonchev–Trinajstić information content (AvgIpc) is 3.33. The van der Waals surface area contributed by atoms with Gasteiger partial charge >= 0.3 is 5.97 Å². The van der Waals surface area contributed by atoms with Gasteiger partial charge in [-0.3, -0.25) is 4.79 Å². The Morgan fingerprint density at radius 2 is 1.60 bits per heavy atom. The van der Waals surface area contributed by atoms with Crippen LogP contribution in [0.2, 0.25) is 0 Å². The Kier molecular flexibility index (Phi) is 13.0. The monoisotopic (exact) mass is 348 g/mol. The van der Waals surface area contributed by atoms with Gasteiger partial charge in [-0.2, -0.15) is 0 Å². The molecule has 0 aromatic heterocycles. The highest BCUT2D eigenvalue weighted by Crippen LogP contribution is 2.30. The summed E-state index contributed by atoms with van der Waals surface area (Å²) in [6, 6.07) is 0. The molecular formula is C22H36O3. The van der Waals surface area contributed by atoms with E-state index in [0.29, 0.717) is 18.6 Å². The van der Waals surface area contributed by atoms with Gasteiger partial charge in [-0.05, 0) is 44.9 Å². The van der Waals surface area contributed by atoms with E-state index in [4.69, 9.17) is 9.84 Å². The fourth-order valence-corrected chi connectivity index (χ4v) is 2.84. The first-order chi connectivity index (χ1) is 12.2. The lowest BCUT2D eigenvalue weighted by molar-refractivity contribution is -0.137. The Labute approximate surface area is 153 Å². The summed E-state index contributed by atoms with van der Waals surface area (Å²) in [5.74, 6) is -0.692. The van der Waals surface area contributed by atoms with Crippen molar-refractivity contribution >= 4 is 5.97 Å². The zero-order valence-electron chi connectivity index (χ0n) is 15.9. The van der Waals surface area contributed by atoms with Crippen LogP contribution in [0.25, 0.3) is 0 Å². The molecule has 3 nitrogen and oxygen atoms in total. The molecule has 142 valence electrons. The molecule has 1 saturated heterocycles. The first kappa shape index (κ1) is 21.7. The van der Waals surface area contributed by atoms with Gasteiger partial charge in [-0.15, -0.1) is 0 Å². The molecule has 0 aliphatic carbocycles. The topological polar surface area (TPSA) is 49.8 Å². The smallest absolute Gasteiger partial charge is 0.303 e. The van der Waals surface area contributed by atoms with Crippen LogP contribution in [0.4, 0.5) is 0 Å². The van der Waals surface area contributed by atoms with Crippen molar-refractivity contribution in [2.24, 2.45) is 0 Å². The minimum absolute atomic E-state index is 0.292. The van der Waals surface area contributed by atoms with E-state index in [-0.39, 0.29) is 0 Å². The summed E-state index contributed by atoms with van der Waals surface area (Å²) >= 11 is 0. The fraction of sp³-hybridized carbons (Fsp3) is 0.682. The molecule has 3 heteroatoms. The Morgan fingerprint density at radius 1 is 0.880 bits per heavy atom. The van der Waals surface area contributed by atoms with E-state index in [0.717, 1.165) is 44.9 Å². The third-order valence-corrected chi connectivity index (χ3v) is 4.45. The summed E-state index contributed by atoms with van der Waals surface area (Å²) < 4.78 is 5.65. The van der Waals surface area contributed by atoms with Crippen molar-refractivity contribution in [3.05, 3.63) is 36.5 Å². The number of ether oxygens (including phenoxy) is 1. The molecule has 25 heavy (non-hydrogen) atoms. The number of carboxylic acid groups (broad SMARTS) is 1. The second kappa shape index (κ2) is 14.9. The molecule has 0 unspecified atom stereocenters. The predicted octanol–water partition coefficient (Wildman–Crippen LogP) is 6.21. The number of hydrogen-bond donors (Lipinski definition) is 1. The van der Waals surface area contributed by atoms with Crippen molar-refractivity contribution in [1.82, 2.24) is 0 Å². The Bertz CT molecular complexity index is 423. The molecule has 1 fully saturated rings. The van der Waals surface area contributed by atoms with E-state index in [9.17, 15) is 4.79 Å². The number of hydrogen-bond acceptors (Lipinski definition) is 2. The van der Waals surface area contributed by atoms with Gasteiger partial charge in [0.2, 0.25) is 0 Å². The van der Waals surface area contributed by atoms with Gasteiger partial charge in [0.25, 0.3) is 0 Å². The van der Waals surface area contributed by atoms with Crippen molar-refractivity contribution in [2.45, 2.75) is 96.2 Å². The average molecular weight is 349 g/mol. The van der Waals surface area contributed by atoms with Crippen LogP contribution in [-0.2, 0) is 9.53 Å². The van der Waals surface area contributed by atoms with E-state index in [1.807, 2.05) is 0 Å². The summed E-state index contributed by atoms with van der Waals surface area (Å²) in [6.07, 6.45) is 26.6. The molecule has 1 aliphatic rings. The molecule has 0 aromatic carbocycles. The van der Waals surface area contributed by atoms with Crippen LogP contribution in [0, 0.1) is 0 Å². The first-order valence-corrected chi connectivity index (χ1v) is 10.1. The van der Waals surface area contributed by atoms with E-state index in [2.05, 4.69) is 43.4 Å². The standard InChI is InChI=1S/C22H36O3/c1-2-3-4-5-6-7-8-9-10-11-12-14-17-20-21(25-20)18-15-13-16-19-22(23)24/h6-7,9-10,12,14,20-21H,2-5,8,11,13,15-19H2,1H3,(H,23,24)/b7-6-,10-9-,14-12-/t20-,21+/m0/s1. The Morgan fingerprint density at radius 3 is 2.32 bits per heavy atom. The molecule has 1 heterocycles. The van der Waals surface area contributed by atoms with Crippen LogP contribution in [0.5, 0.6) is 0 Å². The van der Waals surface area contributed by atoms with Crippen molar-refractivity contribution in [2.75, 3.05) is 0 Å². The predicted molar refractivity (Wildman–Crippen MR) is 105 cm³/mol. The molecule has 0 radical (unpaired) electrons. The number of aliphatic carboxylic acids is 1. The number of epoxide rings is 1. The van der Waals surface area contributed by atoms with E-state index in [1.54, 1.807) is 0 Å². The highest BCUT2D eigenvalue weighted by molar-refractivity contribution is 5.66. The summed E-state index contributed by atoms with van der Waals surface area (Å²) in [6.45, 7) is 2.24. The molecule has 2 atom stereocenters. The minimum atomic E-state index is -0.692. The summed E-state index contributed by atoms with van der Waals surface area (Å²) in [7, 11) is 0. The van der Waals surface area contributed by atoms with Gasteiger partial charge < -0.3 is 9.84 Å². The molecule has 0 bridgehead atoms. The molecule has 1 aliphatic heterocycles. The second-order valence-electron chi connectivity index (χ2n) is 6.82. The zero-order chi connectivity index (χ0) is 18.2. The molecule has 0 spiro atoms. The zero-order valence-corrected chi connectivity index (χ0v) is 15.9. The van der Waals surface area contributed by atoms with E-state index < -0.39 is 5.97 Å². The second-order valence-corrected chi connectivity index (χ2v) is 6.82. The van der Waals surface area contributed by atoms with Crippen molar-refractivity contribution < 1.29 is 14.6 Å². The Balaban J connectivity index is 1.89. The van der Waals surface area contributed by atoms with Gasteiger partial charge in [0, 0.05) is 6.42 Å². The Hall–Kier alpha value is -1.35. The van der Waals surface area contributed by atoms with Crippen LogP contribution in [0.3, 0.4) is 0 Å². The van der Waals surface area contributed by atoms with Crippen LogP contribution >= 0.6 is 0 Å². The number of carbonyl (C=O) groups is 1. The summed E-state index contributed by atoms with van der Waals surface area (Å²) in [4.78, 5) is 10.4. The van der Waals surface area contributed by atoms with Gasteiger partial charge in [0.05, 0.1) is 12.2 Å². The maximum atomic E-state index is 10.4. The van der Waals surface area contributed by atoms with Crippen LogP contribution in [0.1, 0.15) is 84.0 Å². The number of rotatable bonds is 16. The van der Waals surface area contributed by atoms with Crippen molar-refractivity contribution in [3.63, 3.8) is 0 Å². The lowest BCUT2D eigenvalue weighted by atomic mass is 10.1. The normalized spacial score (nSPS) is 20.2. The first-order valence-electron chi connectivity index (χ1n) is 10.1. The van der Waals surface area contributed by atoms with Crippen molar-refractivity contribution in [3.8, 4) is 0 Å². The summed E-state index contributed by atoms with van der Waals surface area (Å²) in [5, 5.41) is 8.58. The van der Waals surface area contributed by atoms with Crippen molar-refractivity contribution in [1.29, 1.82) is 0 Å². The highest BCUT2D eigenvalue weighted by atomic mass is 16.6. The number of carboxylic acids is 1.